The highest BCUT2D eigenvalue weighted by Crippen LogP contribution is 2.40. The summed E-state index contributed by atoms with van der Waals surface area (Å²) in [7, 11) is -0.577. The van der Waals surface area contributed by atoms with Gasteiger partial charge in [-0.2, -0.15) is 5.06 Å². The summed E-state index contributed by atoms with van der Waals surface area (Å²) < 4.78 is 36.5. The number of hydrogen-bond donors (Lipinski definition) is 1. The van der Waals surface area contributed by atoms with Crippen molar-refractivity contribution in [2.75, 3.05) is 20.0 Å². The van der Waals surface area contributed by atoms with E-state index in [9.17, 15) is 13.6 Å². The monoisotopic (exact) mass is 357 g/mol. The van der Waals surface area contributed by atoms with Crippen molar-refractivity contribution < 1.29 is 23.1 Å². The zero-order chi connectivity index (χ0) is 18.0. The van der Waals surface area contributed by atoms with Crippen LogP contribution in [0, 0.1) is 0 Å². The van der Waals surface area contributed by atoms with Crippen molar-refractivity contribution in [1.82, 2.24) is 5.06 Å². The third-order valence-electron chi connectivity index (χ3n) is 4.88. The number of rotatable bonds is 6. The molecule has 0 amide bonds. The summed E-state index contributed by atoms with van der Waals surface area (Å²) in [5.41, 5.74) is -0.240. The van der Waals surface area contributed by atoms with Gasteiger partial charge in [0.15, 0.2) is 21.3 Å². The third kappa shape index (κ3) is 3.38. The topological polar surface area (TPSA) is 76.1 Å². The summed E-state index contributed by atoms with van der Waals surface area (Å²) in [6.45, 7) is 4.12. The van der Waals surface area contributed by atoms with Crippen molar-refractivity contribution in [3.63, 3.8) is 0 Å². The van der Waals surface area contributed by atoms with Crippen LogP contribution in [0.1, 0.15) is 45.1 Å². The highest BCUT2D eigenvalue weighted by atomic mass is 32.2. The first-order chi connectivity index (χ1) is 11.3. The van der Waals surface area contributed by atoms with Crippen molar-refractivity contribution >= 4 is 9.84 Å². The average molecular weight is 357 g/mol. The molecule has 136 valence electrons. The zero-order valence-electron chi connectivity index (χ0n) is 14.8. The van der Waals surface area contributed by atoms with Gasteiger partial charge in [-0.3, -0.25) is 0 Å². The van der Waals surface area contributed by atoms with Crippen molar-refractivity contribution in [2.45, 2.75) is 56.5 Å². The summed E-state index contributed by atoms with van der Waals surface area (Å²) in [4.78, 5) is 0.214. The number of hydrogen-bond acceptors (Lipinski definition) is 6. The van der Waals surface area contributed by atoms with Crippen LogP contribution in [0.5, 0.6) is 11.5 Å². The maximum absolute atomic E-state index is 13.0. The average Bonchev–Trinajstić information content (AvgIpc) is 2.64. The molecule has 0 saturated carbocycles. The molecule has 0 saturated heterocycles. The largest absolute Gasteiger partial charge is 0.493 e. The molecule has 0 aliphatic carbocycles. The van der Waals surface area contributed by atoms with Gasteiger partial charge in [0.05, 0.1) is 37.0 Å². The molecule has 0 spiro atoms. The van der Waals surface area contributed by atoms with Crippen molar-refractivity contribution in [2.24, 2.45) is 0 Å². The number of hydroxylamine groups is 2. The number of benzene rings is 1. The fourth-order valence-electron chi connectivity index (χ4n) is 3.32. The minimum atomic E-state index is -3.56. The lowest BCUT2D eigenvalue weighted by Gasteiger charge is -2.37. The second-order valence-electron chi connectivity index (χ2n) is 6.31. The molecule has 1 heterocycles. The van der Waals surface area contributed by atoms with Gasteiger partial charge < -0.3 is 14.7 Å². The minimum Gasteiger partial charge on any atom is -0.493 e. The van der Waals surface area contributed by atoms with Crippen LogP contribution < -0.4 is 9.47 Å². The molecule has 24 heavy (non-hydrogen) atoms. The van der Waals surface area contributed by atoms with Gasteiger partial charge in [0, 0.05) is 6.07 Å². The van der Waals surface area contributed by atoms with Crippen molar-refractivity contribution in [1.29, 1.82) is 0 Å². The Morgan fingerprint density at radius 3 is 2.38 bits per heavy atom. The number of ether oxygens (including phenoxy) is 2. The maximum atomic E-state index is 13.0. The number of unbranched alkanes of at least 4 members (excludes halogenated alkanes) is 1. The molecule has 0 radical (unpaired) electrons. The Balaban J connectivity index is 2.57. The van der Waals surface area contributed by atoms with E-state index in [0.29, 0.717) is 29.9 Å². The molecular formula is C17H27NO5S. The second kappa shape index (κ2) is 7.29. The molecule has 2 rings (SSSR count). The van der Waals surface area contributed by atoms with Crippen LogP contribution >= 0.6 is 0 Å². The molecule has 1 aromatic rings. The van der Waals surface area contributed by atoms with Gasteiger partial charge in [-0.05, 0) is 24.5 Å². The van der Waals surface area contributed by atoms with Gasteiger partial charge in [-0.25, -0.2) is 8.42 Å². The van der Waals surface area contributed by atoms with Crippen LogP contribution in [0.25, 0.3) is 0 Å². The first-order valence-electron chi connectivity index (χ1n) is 8.27. The molecule has 1 aliphatic rings. The van der Waals surface area contributed by atoms with E-state index in [1.807, 2.05) is 6.92 Å². The normalized spacial score (nSPS) is 23.4. The van der Waals surface area contributed by atoms with Crippen LogP contribution in [0.15, 0.2) is 17.0 Å². The summed E-state index contributed by atoms with van der Waals surface area (Å²) in [6.07, 6.45) is 3.01. The quantitative estimate of drug-likeness (QED) is 0.843. The fourth-order valence-corrected chi connectivity index (χ4v) is 5.49. The van der Waals surface area contributed by atoms with Gasteiger partial charge in [-0.15, -0.1) is 0 Å². The molecule has 1 aliphatic heterocycles. The van der Waals surface area contributed by atoms with Crippen LogP contribution in [0.4, 0.5) is 0 Å². The highest BCUT2D eigenvalue weighted by Gasteiger charge is 2.43. The number of methoxy groups -OCH3 is 2. The molecule has 7 heteroatoms. The zero-order valence-corrected chi connectivity index (χ0v) is 15.6. The molecule has 6 nitrogen and oxygen atoms in total. The van der Waals surface area contributed by atoms with Crippen LogP contribution in [0.2, 0.25) is 0 Å². The minimum absolute atomic E-state index is 0.102. The van der Waals surface area contributed by atoms with E-state index >= 15 is 0 Å². The Morgan fingerprint density at radius 1 is 1.21 bits per heavy atom. The summed E-state index contributed by atoms with van der Waals surface area (Å²) in [5, 5.41) is 11.9. The Hall–Kier alpha value is -1.31. The van der Waals surface area contributed by atoms with E-state index in [4.69, 9.17) is 9.47 Å². The molecule has 0 unspecified atom stereocenters. The van der Waals surface area contributed by atoms with Crippen LogP contribution in [-0.4, -0.2) is 44.2 Å². The summed E-state index contributed by atoms with van der Waals surface area (Å²) >= 11 is 0. The van der Waals surface area contributed by atoms with Crippen LogP contribution in [0.3, 0.4) is 0 Å². The van der Waals surface area contributed by atoms with E-state index < -0.39 is 15.4 Å². The molecule has 1 atom stereocenters. The third-order valence-corrected chi connectivity index (χ3v) is 6.85. The highest BCUT2D eigenvalue weighted by molar-refractivity contribution is 7.91. The van der Waals surface area contributed by atoms with Gasteiger partial charge in [0.2, 0.25) is 0 Å². The molecule has 0 aromatic heterocycles. The van der Waals surface area contributed by atoms with Gasteiger partial charge in [0.25, 0.3) is 0 Å². The molecule has 0 bridgehead atoms. The molecule has 1 aromatic carbocycles. The summed E-state index contributed by atoms with van der Waals surface area (Å²) in [5.74, 6) is 0.731. The number of sulfone groups is 1. The second-order valence-corrected chi connectivity index (χ2v) is 8.27. The fraction of sp³-hybridized carbons (Fsp3) is 0.647. The predicted octanol–water partition coefficient (Wildman–Crippen LogP) is 3.02. The maximum Gasteiger partial charge on any atom is 0.180 e. The van der Waals surface area contributed by atoms with Gasteiger partial charge in [-0.1, -0.05) is 26.7 Å². The SMILES string of the molecule is CCCC[C@@]1(CC)CS(=O)(=O)c2cc(OC)c(OC)cc2CN1O. The van der Waals surface area contributed by atoms with Crippen molar-refractivity contribution in [3.05, 3.63) is 17.7 Å². The Bertz CT molecular complexity index is 688. The lowest BCUT2D eigenvalue weighted by atomic mass is 9.91. The first kappa shape index (κ1) is 19.0. The Kier molecular flexibility index (Phi) is 5.78. The van der Waals surface area contributed by atoms with E-state index in [0.717, 1.165) is 12.8 Å². The molecule has 0 fully saturated rings. The Morgan fingerprint density at radius 2 is 1.83 bits per heavy atom. The van der Waals surface area contributed by atoms with Gasteiger partial charge in [0.1, 0.15) is 0 Å². The first-order valence-corrected chi connectivity index (χ1v) is 9.93. The van der Waals surface area contributed by atoms with Crippen LogP contribution in [-0.2, 0) is 16.4 Å². The standard InChI is InChI=1S/C17H27NO5S/c1-5-7-8-17(6-2)12-24(20,21)16-10-15(23-4)14(22-3)9-13(16)11-18(17)19/h9-10,19H,5-8,11-12H2,1-4H3/t17-/m0/s1. The number of nitrogens with zero attached hydrogens (tertiary/aromatic N) is 1. The number of fused-ring (bicyclic) bond motifs is 1. The van der Waals surface area contributed by atoms with Gasteiger partial charge >= 0.3 is 0 Å². The summed E-state index contributed by atoms with van der Waals surface area (Å²) in [6, 6.07) is 3.14. The van der Waals surface area contributed by atoms with E-state index in [-0.39, 0.29) is 17.2 Å². The smallest absolute Gasteiger partial charge is 0.180 e. The lowest BCUT2D eigenvalue weighted by molar-refractivity contribution is -0.178. The van der Waals surface area contributed by atoms with E-state index in [1.54, 1.807) is 6.07 Å². The molecule has 1 N–H and O–H groups in total. The van der Waals surface area contributed by atoms with E-state index in [2.05, 4.69) is 6.92 Å². The predicted molar refractivity (Wildman–Crippen MR) is 91.5 cm³/mol. The molecular weight excluding hydrogens is 330 g/mol. The van der Waals surface area contributed by atoms with E-state index in [1.165, 1.54) is 25.3 Å². The Labute approximate surface area is 144 Å². The van der Waals surface area contributed by atoms with Crippen molar-refractivity contribution in [3.8, 4) is 11.5 Å². The lowest BCUT2D eigenvalue weighted by Crippen LogP contribution is -2.49.